The van der Waals surface area contributed by atoms with Crippen molar-refractivity contribution in [2.45, 2.75) is 31.3 Å². The molecule has 34 heavy (non-hydrogen) atoms. The zero-order chi connectivity index (χ0) is 23.9. The van der Waals surface area contributed by atoms with Crippen molar-refractivity contribution in [3.05, 3.63) is 83.4 Å². The molecule has 0 radical (unpaired) electrons. The number of carbonyl (C=O) groups excluding carboxylic acids is 1. The first-order valence-electron chi connectivity index (χ1n) is 11.3. The van der Waals surface area contributed by atoms with Gasteiger partial charge in [-0.2, -0.15) is 5.10 Å². The lowest BCUT2D eigenvalue weighted by Crippen LogP contribution is -2.34. The molecular weight excluding hydrogens is 435 g/mol. The second-order valence-electron chi connectivity index (χ2n) is 8.90. The second-order valence-corrected chi connectivity index (χ2v) is 8.90. The van der Waals surface area contributed by atoms with Gasteiger partial charge in [-0.15, -0.1) is 0 Å². The Kier molecular flexibility index (Phi) is 5.73. The Bertz CT molecular complexity index is 1250. The van der Waals surface area contributed by atoms with Gasteiger partial charge in [-0.1, -0.05) is 12.1 Å². The van der Waals surface area contributed by atoms with Crippen LogP contribution in [0.15, 0.2) is 60.8 Å². The summed E-state index contributed by atoms with van der Waals surface area (Å²) in [6, 6.07) is 14.2. The molecule has 176 valence electrons. The monoisotopic (exact) mass is 462 g/mol. The average molecular weight is 463 g/mol. The van der Waals surface area contributed by atoms with Crippen molar-refractivity contribution >= 4 is 11.5 Å². The van der Waals surface area contributed by atoms with E-state index < -0.39 is 5.60 Å². The highest BCUT2D eigenvalue weighted by Crippen LogP contribution is 2.54. The van der Waals surface area contributed by atoms with Gasteiger partial charge in [0.1, 0.15) is 11.6 Å². The van der Waals surface area contributed by atoms with Gasteiger partial charge in [0.25, 0.3) is 0 Å². The maximum atomic E-state index is 13.7. The van der Waals surface area contributed by atoms with E-state index in [4.69, 9.17) is 14.2 Å². The molecule has 1 aromatic heterocycles. The van der Waals surface area contributed by atoms with E-state index in [0.717, 1.165) is 33.8 Å². The van der Waals surface area contributed by atoms with E-state index in [-0.39, 0.29) is 23.6 Å². The molecule has 3 atom stereocenters. The van der Waals surface area contributed by atoms with Gasteiger partial charge in [-0.05, 0) is 73.4 Å². The fraction of sp³-hybridized carbons (Fsp3) is 0.333. The lowest BCUT2D eigenvalue weighted by molar-refractivity contribution is -0.146. The summed E-state index contributed by atoms with van der Waals surface area (Å²) in [5.74, 6) is -0.498. The number of rotatable bonds is 5. The minimum atomic E-state index is -0.685. The summed E-state index contributed by atoms with van der Waals surface area (Å²) >= 11 is 0. The van der Waals surface area contributed by atoms with Crippen LogP contribution in [0.4, 0.5) is 4.39 Å². The van der Waals surface area contributed by atoms with Gasteiger partial charge in [-0.3, -0.25) is 4.79 Å². The predicted molar refractivity (Wildman–Crippen MR) is 125 cm³/mol. The summed E-state index contributed by atoms with van der Waals surface area (Å²) in [5.41, 5.74) is 3.93. The van der Waals surface area contributed by atoms with Crippen LogP contribution in [0.25, 0.3) is 11.3 Å². The van der Waals surface area contributed by atoms with Gasteiger partial charge >= 0.3 is 5.97 Å². The van der Waals surface area contributed by atoms with Gasteiger partial charge in [-0.25, -0.2) is 9.07 Å². The van der Waals surface area contributed by atoms with E-state index in [1.807, 2.05) is 42.1 Å². The molecule has 0 amide bonds. The number of methoxy groups -OCH3 is 2. The van der Waals surface area contributed by atoms with Gasteiger partial charge in [0, 0.05) is 17.7 Å². The van der Waals surface area contributed by atoms with Crippen molar-refractivity contribution in [3.8, 4) is 11.4 Å². The van der Waals surface area contributed by atoms with Crippen molar-refractivity contribution in [1.82, 2.24) is 9.78 Å². The molecule has 2 aliphatic rings. The minimum Gasteiger partial charge on any atom is -0.496 e. The van der Waals surface area contributed by atoms with E-state index in [1.54, 1.807) is 19.2 Å². The highest BCUT2D eigenvalue weighted by atomic mass is 19.1. The third-order valence-corrected chi connectivity index (χ3v) is 6.94. The summed E-state index contributed by atoms with van der Waals surface area (Å²) in [6.07, 6.45) is 5.34. The van der Waals surface area contributed by atoms with E-state index in [2.05, 4.69) is 11.2 Å². The number of ether oxygens (including phenoxy) is 3. The van der Waals surface area contributed by atoms with Crippen LogP contribution in [-0.4, -0.2) is 42.2 Å². The van der Waals surface area contributed by atoms with Gasteiger partial charge in [0.2, 0.25) is 0 Å². The topological polar surface area (TPSA) is 62.6 Å². The number of benzene rings is 2. The van der Waals surface area contributed by atoms with Crippen LogP contribution in [0.2, 0.25) is 0 Å². The van der Waals surface area contributed by atoms with Crippen molar-refractivity contribution in [2.24, 2.45) is 5.92 Å². The molecule has 1 aliphatic heterocycles. The zero-order valence-electron chi connectivity index (χ0n) is 19.5. The van der Waals surface area contributed by atoms with Crippen LogP contribution in [0.3, 0.4) is 0 Å². The number of nitrogens with zero attached hydrogens (tertiary/aromatic N) is 2. The highest BCUT2D eigenvalue weighted by Gasteiger charge is 2.54. The number of aryl methyl sites for hydroxylation is 1. The normalized spacial score (nSPS) is 23.8. The summed E-state index contributed by atoms with van der Waals surface area (Å²) in [7, 11) is 3.05. The largest absolute Gasteiger partial charge is 0.496 e. The molecule has 0 saturated heterocycles. The lowest BCUT2D eigenvalue weighted by Gasteiger charge is -2.31. The van der Waals surface area contributed by atoms with Crippen molar-refractivity contribution in [2.75, 3.05) is 20.8 Å². The number of hydrogen-bond acceptors (Lipinski definition) is 5. The van der Waals surface area contributed by atoms with E-state index in [1.165, 1.54) is 19.2 Å². The molecule has 3 unspecified atom stereocenters. The molecule has 5 rings (SSSR count). The molecule has 2 heterocycles. The third kappa shape index (κ3) is 3.80. The number of carbonyl (C=O) groups is 1. The summed E-state index contributed by atoms with van der Waals surface area (Å²) < 4.78 is 32.7. The minimum absolute atomic E-state index is 0.273. The third-order valence-electron chi connectivity index (χ3n) is 6.94. The number of esters is 1. The first kappa shape index (κ1) is 22.3. The van der Waals surface area contributed by atoms with Crippen LogP contribution in [-0.2, 0) is 14.3 Å². The molecular formula is C27H27FN2O4. The molecule has 2 aromatic carbocycles. The molecule has 1 spiro atoms. The average Bonchev–Trinajstić information content (AvgIpc) is 3.58. The van der Waals surface area contributed by atoms with Crippen LogP contribution in [0, 0.1) is 18.7 Å². The number of hydrogen-bond donors (Lipinski definition) is 0. The highest BCUT2D eigenvalue weighted by molar-refractivity contribution is 5.78. The predicted octanol–water partition coefficient (Wildman–Crippen LogP) is 4.85. The molecule has 0 N–H and O–H groups in total. The Balaban J connectivity index is 1.57. The maximum Gasteiger partial charge on any atom is 0.309 e. The molecule has 7 heteroatoms. The smallest absolute Gasteiger partial charge is 0.309 e. The lowest BCUT2D eigenvalue weighted by atomic mass is 9.79. The van der Waals surface area contributed by atoms with Gasteiger partial charge in [0.15, 0.2) is 0 Å². The number of halogens is 1. The molecule has 3 aromatic rings. The summed E-state index contributed by atoms with van der Waals surface area (Å²) in [5, 5.41) is 4.52. The Hall–Kier alpha value is -3.45. The van der Waals surface area contributed by atoms with Crippen molar-refractivity contribution < 1.29 is 23.4 Å². The summed E-state index contributed by atoms with van der Waals surface area (Å²) in [4.78, 5) is 12.7. The molecule has 1 saturated carbocycles. The van der Waals surface area contributed by atoms with E-state index >= 15 is 0 Å². The molecule has 1 aliphatic carbocycles. The van der Waals surface area contributed by atoms with E-state index in [0.29, 0.717) is 19.4 Å². The maximum absolute atomic E-state index is 13.7. The van der Waals surface area contributed by atoms with Crippen molar-refractivity contribution in [3.63, 3.8) is 0 Å². The zero-order valence-corrected chi connectivity index (χ0v) is 19.5. The fourth-order valence-electron chi connectivity index (χ4n) is 5.35. The Morgan fingerprint density at radius 2 is 1.97 bits per heavy atom. The van der Waals surface area contributed by atoms with Gasteiger partial charge < -0.3 is 14.2 Å². The summed E-state index contributed by atoms with van der Waals surface area (Å²) in [6.45, 7) is 2.33. The second kappa shape index (κ2) is 8.72. The van der Waals surface area contributed by atoms with Crippen LogP contribution >= 0.6 is 0 Å². The van der Waals surface area contributed by atoms with Crippen LogP contribution in [0.5, 0.6) is 5.75 Å². The Morgan fingerprint density at radius 1 is 1.18 bits per heavy atom. The Morgan fingerprint density at radius 3 is 2.65 bits per heavy atom. The standard InChI is InChI=1S/C27H27FN2O4/c1-17-11-13-30(29-17)21-8-9-24(32-2)23(14-21)19-15-27(34-16-19)12-10-22(26(31)33-3)25(27)18-4-6-20(28)7-5-18/h4-9,11,13-15,22,25H,10,12,16H2,1-3H3. The molecule has 0 bridgehead atoms. The van der Waals surface area contributed by atoms with Gasteiger partial charge in [0.05, 0.1) is 43.7 Å². The van der Waals surface area contributed by atoms with Crippen LogP contribution in [0.1, 0.15) is 35.6 Å². The first-order chi connectivity index (χ1) is 16.4. The quantitative estimate of drug-likeness (QED) is 0.508. The van der Waals surface area contributed by atoms with Crippen LogP contribution < -0.4 is 4.74 Å². The Labute approximate surface area is 197 Å². The van der Waals surface area contributed by atoms with E-state index in [9.17, 15) is 9.18 Å². The first-order valence-corrected chi connectivity index (χ1v) is 11.3. The molecule has 1 fully saturated rings. The fourth-order valence-corrected chi connectivity index (χ4v) is 5.35. The number of aromatic nitrogens is 2. The SMILES string of the molecule is COC(=O)C1CCC2(C=C(c3cc(-n4ccc(C)n4)ccc3OC)CO2)C1c1ccc(F)cc1. The molecule has 6 nitrogen and oxygen atoms in total. The van der Waals surface area contributed by atoms with Crippen molar-refractivity contribution in [1.29, 1.82) is 0 Å².